The zero-order valence-corrected chi connectivity index (χ0v) is 26.5. The maximum Gasteiger partial charge on any atom is 0.309 e. The van der Waals surface area contributed by atoms with Crippen LogP contribution in [0.25, 0.3) is 43.5 Å². The third-order valence-electron chi connectivity index (χ3n) is 8.47. The van der Waals surface area contributed by atoms with Crippen molar-refractivity contribution in [3.05, 3.63) is 133 Å². The molecule has 0 radical (unpaired) electrons. The minimum absolute atomic E-state index is 0.240. The van der Waals surface area contributed by atoms with Crippen molar-refractivity contribution in [3.8, 4) is 0 Å². The minimum Gasteiger partial charge on any atom is -0.408 e. The second-order valence-corrected chi connectivity index (χ2v) is 15.4. The molecular formula is C38H35NO2P2. The Labute approximate surface area is 255 Å². The Balaban J connectivity index is 1.33. The van der Waals surface area contributed by atoms with E-state index < -0.39 is 16.1 Å². The molecule has 0 bridgehead atoms. The van der Waals surface area contributed by atoms with Crippen LogP contribution in [0.2, 0.25) is 0 Å². The highest BCUT2D eigenvalue weighted by Gasteiger charge is 2.26. The van der Waals surface area contributed by atoms with E-state index in [-0.39, 0.29) is 6.04 Å². The van der Waals surface area contributed by atoms with Gasteiger partial charge in [-0.2, -0.15) is 0 Å². The van der Waals surface area contributed by atoms with Crippen molar-refractivity contribution < 1.29 is 8.39 Å². The summed E-state index contributed by atoms with van der Waals surface area (Å²) in [6, 6.07) is 47.9. The van der Waals surface area contributed by atoms with Gasteiger partial charge in [0.1, 0.15) is 11.2 Å². The molecule has 7 aromatic rings. The number of rotatable bonds is 7. The zero-order chi connectivity index (χ0) is 29.3. The van der Waals surface area contributed by atoms with E-state index in [1.54, 1.807) is 0 Å². The molecule has 43 heavy (non-hydrogen) atoms. The molecule has 6 aromatic carbocycles. The van der Waals surface area contributed by atoms with Crippen molar-refractivity contribution in [2.75, 3.05) is 11.7 Å². The summed E-state index contributed by atoms with van der Waals surface area (Å²) in [6.45, 7) is 4.71. The SMILES string of the molecule is C[C@@H](C[C@H](C)P(c1ccccc1)c1ccccc1)N(C)p1oc2ccc3ccccc3c2c2c(ccc3ccccc32)o1. The van der Waals surface area contributed by atoms with E-state index in [9.17, 15) is 0 Å². The highest BCUT2D eigenvalue weighted by atomic mass is 31.1. The molecule has 0 unspecified atom stereocenters. The van der Waals surface area contributed by atoms with Crippen molar-refractivity contribution in [1.82, 2.24) is 0 Å². The summed E-state index contributed by atoms with van der Waals surface area (Å²) >= 11 is 0. The zero-order valence-electron chi connectivity index (χ0n) is 24.7. The van der Waals surface area contributed by atoms with Gasteiger partial charge in [0.25, 0.3) is 0 Å². The Hall–Kier alpha value is -3.87. The van der Waals surface area contributed by atoms with Crippen molar-refractivity contribution in [2.45, 2.75) is 32.0 Å². The van der Waals surface area contributed by atoms with Crippen LogP contribution < -0.4 is 15.3 Å². The molecule has 0 saturated carbocycles. The molecule has 0 aliphatic carbocycles. The first kappa shape index (κ1) is 27.9. The van der Waals surface area contributed by atoms with Crippen LogP contribution in [0.1, 0.15) is 20.3 Å². The summed E-state index contributed by atoms with van der Waals surface area (Å²) in [4.78, 5) is 0. The first-order chi connectivity index (χ1) is 21.1. The van der Waals surface area contributed by atoms with Crippen LogP contribution >= 0.6 is 16.1 Å². The number of nitrogens with zero attached hydrogens (tertiary/aromatic N) is 1. The molecule has 1 heterocycles. The van der Waals surface area contributed by atoms with E-state index in [4.69, 9.17) is 8.39 Å². The molecule has 0 aliphatic rings. The first-order valence-electron chi connectivity index (χ1n) is 14.9. The first-order valence-corrected chi connectivity index (χ1v) is 17.4. The van der Waals surface area contributed by atoms with E-state index in [1.165, 1.54) is 32.2 Å². The molecule has 0 fully saturated rings. The van der Waals surface area contributed by atoms with Crippen LogP contribution in [0.15, 0.2) is 142 Å². The molecule has 7 rings (SSSR count). The summed E-state index contributed by atoms with van der Waals surface area (Å²) in [5.41, 5.74) is 2.22. The van der Waals surface area contributed by atoms with E-state index in [1.807, 2.05) is 0 Å². The van der Waals surface area contributed by atoms with Gasteiger partial charge >= 0.3 is 8.16 Å². The van der Waals surface area contributed by atoms with Gasteiger partial charge in [-0.1, -0.05) is 128 Å². The fourth-order valence-electron chi connectivity index (χ4n) is 6.23. The van der Waals surface area contributed by atoms with Crippen molar-refractivity contribution >= 4 is 70.2 Å². The Morgan fingerprint density at radius 3 is 1.51 bits per heavy atom. The average Bonchev–Trinajstić information content (AvgIpc) is 3.23. The van der Waals surface area contributed by atoms with Gasteiger partial charge in [0.15, 0.2) is 0 Å². The predicted octanol–water partition coefficient (Wildman–Crippen LogP) is 10.5. The average molecular weight is 600 g/mol. The number of fused-ring (bicyclic) bond motifs is 7. The van der Waals surface area contributed by atoms with Gasteiger partial charge in [-0.3, -0.25) is 0 Å². The standard InChI is InChI=1S/C38H35NO2P2/c1-27(26-28(2)42(31-16-6-4-7-17-31)32-18-8-5-9-19-32)39(3)43-40-35-24-22-29-14-10-12-20-33(29)37(35)38-34-21-13-11-15-30(34)23-25-36(38)41-43/h4-25,27-28H,26H2,1-3H3/t27-,28-/m0/s1. The van der Waals surface area contributed by atoms with Crippen LogP contribution in [0.5, 0.6) is 0 Å². The van der Waals surface area contributed by atoms with E-state index >= 15 is 0 Å². The lowest BCUT2D eigenvalue weighted by Crippen LogP contribution is -2.31. The van der Waals surface area contributed by atoms with Crippen LogP contribution in [0.3, 0.4) is 0 Å². The molecule has 0 saturated heterocycles. The highest BCUT2D eigenvalue weighted by molar-refractivity contribution is 7.73. The number of hydrogen-bond donors (Lipinski definition) is 0. The normalized spacial score (nSPS) is 13.3. The molecule has 1 aromatic heterocycles. The van der Waals surface area contributed by atoms with Gasteiger partial charge < -0.3 is 8.39 Å². The van der Waals surface area contributed by atoms with E-state index in [0.717, 1.165) is 28.4 Å². The maximum absolute atomic E-state index is 6.86. The fourth-order valence-corrected chi connectivity index (χ4v) is 10.4. The molecular weight excluding hydrogens is 564 g/mol. The third-order valence-corrected chi connectivity index (χ3v) is 12.9. The van der Waals surface area contributed by atoms with Gasteiger partial charge in [-0.05, 0) is 71.2 Å². The molecule has 0 amide bonds. The monoisotopic (exact) mass is 599 g/mol. The molecule has 0 aliphatic heterocycles. The topological polar surface area (TPSA) is 29.5 Å². The highest BCUT2D eigenvalue weighted by Crippen LogP contribution is 2.45. The molecule has 3 nitrogen and oxygen atoms in total. The van der Waals surface area contributed by atoms with Gasteiger partial charge in [-0.25, -0.2) is 4.67 Å². The maximum atomic E-state index is 6.86. The predicted molar refractivity (Wildman–Crippen MR) is 188 cm³/mol. The van der Waals surface area contributed by atoms with E-state index in [2.05, 4.69) is 159 Å². The Kier molecular flexibility index (Phi) is 7.81. The quantitative estimate of drug-likeness (QED) is 0.171. The second kappa shape index (κ2) is 12.0. The summed E-state index contributed by atoms with van der Waals surface area (Å²) in [6.07, 6.45) is 1.02. The molecule has 5 heteroatoms. The lowest BCUT2D eigenvalue weighted by Gasteiger charge is -2.30. The summed E-state index contributed by atoms with van der Waals surface area (Å²) in [5, 5.41) is 9.81. The fraction of sp³-hybridized carbons (Fsp3) is 0.158. The Morgan fingerprint density at radius 1 is 0.581 bits per heavy atom. The van der Waals surface area contributed by atoms with Gasteiger partial charge in [0.2, 0.25) is 0 Å². The Bertz CT molecular complexity index is 1940. The number of benzene rings is 6. The van der Waals surface area contributed by atoms with Crippen molar-refractivity contribution in [3.63, 3.8) is 0 Å². The van der Waals surface area contributed by atoms with Crippen molar-refractivity contribution in [1.29, 1.82) is 0 Å². The molecule has 0 spiro atoms. The smallest absolute Gasteiger partial charge is 0.309 e. The van der Waals surface area contributed by atoms with E-state index in [0.29, 0.717) is 5.66 Å². The second-order valence-electron chi connectivity index (χ2n) is 11.3. The summed E-state index contributed by atoms with van der Waals surface area (Å²) < 4.78 is 16.0. The summed E-state index contributed by atoms with van der Waals surface area (Å²) in [7, 11) is 0.238. The minimum atomic E-state index is -1.40. The van der Waals surface area contributed by atoms with Gasteiger partial charge in [0.05, 0.1) is 0 Å². The van der Waals surface area contributed by atoms with Crippen molar-refractivity contribution in [2.24, 2.45) is 0 Å². The largest absolute Gasteiger partial charge is 0.408 e. The lowest BCUT2D eigenvalue weighted by molar-refractivity contribution is 0.585. The van der Waals surface area contributed by atoms with Gasteiger partial charge in [-0.15, -0.1) is 0 Å². The van der Waals surface area contributed by atoms with Crippen LogP contribution in [0, 0.1) is 0 Å². The number of hydrogen-bond acceptors (Lipinski definition) is 3. The third kappa shape index (κ3) is 5.39. The Morgan fingerprint density at radius 2 is 1.02 bits per heavy atom. The van der Waals surface area contributed by atoms with Crippen LogP contribution in [0.4, 0.5) is 0 Å². The molecule has 214 valence electrons. The molecule has 2 atom stereocenters. The summed E-state index contributed by atoms with van der Waals surface area (Å²) in [5.74, 6) is 0. The van der Waals surface area contributed by atoms with Crippen LogP contribution in [-0.4, -0.2) is 18.7 Å². The van der Waals surface area contributed by atoms with Gasteiger partial charge in [0, 0.05) is 23.9 Å². The molecule has 0 N–H and O–H groups in total. The van der Waals surface area contributed by atoms with Crippen LogP contribution in [-0.2, 0) is 0 Å². The lowest BCUT2D eigenvalue weighted by atomic mass is 9.99.